The molecule has 0 atom stereocenters. The third-order valence-corrected chi connectivity index (χ3v) is 4.30. The molecule has 0 amide bonds. The van der Waals surface area contributed by atoms with E-state index in [0.29, 0.717) is 23.7 Å². The molecule has 122 valence electrons. The summed E-state index contributed by atoms with van der Waals surface area (Å²) >= 11 is 0. The van der Waals surface area contributed by atoms with E-state index in [1.165, 1.54) is 11.6 Å². The van der Waals surface area contributed by atoms with Crippen LogP contribution in [-0.4, -0.2) is 31.4 Å². The molecule has 1 aliphatic heterocycles. The lowest BCUT2D eigenvalue weighted by Gasteiger charge is -2.22. The highest BCUT2D eigenvalue weighted by Crippen LogP contribution is 2.23. The van der Waals surface area contributed by atoms with Gasteiger partial charge in [0, 0.05) is 21.1 Å². The molecule has 3 aromatic rings. The van der Waals surface area contributed by atoms with Gasteiger partial charge in [-0.1, -0.05) is 30.3 Å². The van der Waals surface area contributed by atoms with Gasteiger partial charge in [0.2, 0.25) is 5.95 Å². The fraction of sp³-hybridized carbons (Fsp3) is 0.250. The molecule has 8 nitrogen and oxygen atoms in total. The van der Waals surface area contributed by atoms with Crippen LogP contribution in [0.2, 0.25) is 0 Å². The fourth-order valence-electron chi connectivity index (χ4n) is 3.02. The number of hydrazone groups is 1. The zero-order chi connectivity index (χ0) is 17.0. The van der Waals surface area contributed by atoms with E-state index in [1.807, 2.05) is 34.9 Å². The molecular formula is C16H16N6O2. The summed E-state index contributed by atoms with van der Waals surface area (Å²) in [5.74, 6) is 0.544. The van der Waals surface area contributed by atoms with E-state index in [2.05, 4.69) is 10.1 Å². The third kappa shape index (κ3) is 1.86. The Bertz CT molecular complexity index is 1100. The maximum absolute atomic E-state index is 12.6. The van der Waals surface area contributed by atoms with Crippen molar-refractivity contribution in [3.63, 3.8) is 0 Å². The minimum Gasteiger partial charge on any atom is -0.297 e. The van der Waals surface area contributed by atoms with Gasteiger partial charge in [0.15, 0.2) is 11.2 Å². The van der Waals surface area contributed by atoms with Crippen LogP contribution < -0.4 is 16.3 Å². The van der Waals surface area contributed by atoms with Crippen LogP contribution in [0.4, 0.5) is 5.95 Å². The zero-order valence-corrected chi connectivity index (χ0v) is 13.6. The van der Waals surface area contributed by atoms with Gasteiger partial charge in [-0.05, 0) is 5.56 Å². The second-order valence-electron chi connectivity index (χ2n) is 5.81. The first-order valence-corrected chi connectivity index (χ1v) is 7.52. The van der Waals surface area contributed by atoms with Gasteiger partial charge in [0.05, 0.1) is 12.3 Å². The molecule has 0 radical (unpaired) electrons. The molecule has 1 aliphatic rings. The minimum atomic E-state index is -0.394. The van der Waals surface area contributed by atoms with Gasteiger partial charge in [-0.25, -0.2) is 9.80 Å². The number of rotatable bonds is 1. The Labute approximate surface area is 136 Å². The van der Waals surface area contributed by atoms with Gasteiger partial charge in [-0.3, -0.25) is 18.5 Å². The van der Waals surface area contributed by atoms with Gasteiger partial charge < -0.3 is 0 Å². The highest BCUT2D eigenvalue weighted by atomic mass is 16.2. The standard InChI is InChI=1S/C16H16N6O2/c1-19-13-12(14(23)20(2)16(19)24)22-9-11(10-7-5-4-6-8-10)18-21(3)15(22)17-13/h4-8H,9H2,1-3H3. The molecule has 0 aliphatic carbocycles. The Hall–Kier alpha value is -3.16. The van der Waals surface area contributed by atoms with Crippen molar-refractivity contribution >= 4 is 22.8 Å². The fourth-order valence-corrected chi connectivity index (χ4v) is 3.02. The predicted molar refractivity (Wildman–Crippen MR) is 91.6 cm³/mol. The van der Waals surface area contributed by atoms with Crippen molar-refractivity contribution in [3.05, 3.63) is 56.7 Å². The van der Waals surface area contributed by atoms with E-state index in [0.717, 1.165) is 15.8 Å². The predicted octanol–water partition coefficient (Wildman–Crippen LogP) is 0.288. The molecule has 4 rings (SSSR count). The first-order chi connectivity index (χ1) is 11.5. The van der Waals surface area contributed by atoms with Gasteiger partial charge in [-0.15, -0.1) is 0 Å². The quantitative estimate of drug-likeness (QED) is 0.644. The molecule has 0 unspecified atom stereocenters. The summed E-state index contributed by atoms with van der Waals surface area (Å²) in [6.45, 7) is 0.424. The second-order valence-corrected chi connectivity index (χ2v) is 5.81. The van der Waals surface area contributed by atoms with Crippen LogP contribution in [0, 0.1) is 0 Å². The number of anilines is 1. The number of fused-ring (bicyclic) bond motifs is 3. The minimum absolute atomic E-state index is 0.352. The summed E-state index contributed by atoms with van der Waals surface area (Å²) in [6.07, 6.45) is 0. The molecule has 3 heterocycles. The Morgan fingerprint density at radius 3 is 2.42 bits per heavy atom. The monoisotopic (exact) mass is 324 g/mol. The molecule has 2 aromatic heterocycles. The van der Waals surface area contributed by atoms with Crippen LogP contribution in [0.25, 0.3) is 11.2 Å². The number of imidazole rings is 1. The largest absolute Gasteiger partial charge is 0.332 e. The van der Waals surface area contributed by atoms with E-state index in [1.54, 1.807) is 19.1 Å². The molecule has 0 fully saturated rings. The summed E-state index contributed by atoms with van der Waals surface area (Å²) < 4.78 is 4.30. The van der Waals surface area contributed by atoms with E-state index in [4.69, 9.17) is 0 Å². The average Bonchev–Trinajstić information content (AvgIpc) is 2.99. The van der Waals surface area contributed by atoms with Gasteiger partial charge in [-0.2, -0.15) is 10.1 Å². The molecule has 0 saturated carbocycles. The van der Waals surface area contributed by atoms with E-state index >= 15 is 0 Å². The lowest BCUT2D eigenvalue weighted by atomic mass is 10.1. The number of aryl methyl sites for hydroxylation is 1. The number of nitrogens with zero attached hydrogens (tertiary/aromatic N) is 6. The average molecular weight is 324 g/mol. The molecular weight excluding hydrogens is 308 g/mol. The van der Waals surface area contributed by atoms with Crippen molar-refractivity contribution in [1.82, 2.24) is 18.7 Å². The van der Waals surface area contributed by atoms with Crippen molar-refractivity contribution in [2.45, 2.75) is 6.54 Å². The van der Waals surface area contributed by atoms with Crippen molar-refractivity contribution in [2.75, 3.05) is 12.1 Å². The lowest BCUT2D eigenvalue weighted by Crippen LogP contribution is -2.38. The van der Waals surface area contributed by atoms with Crippen LogP contribution >= 0.6 is 0 Å². The molecule has 24 heavy (non-hydrogen) atoms. The summed E-state index contributed by atoms with van der Waals surface area (Å²) in [5, 5.41) is 6.20. The SMILES string of the molecule is CN1N=C(c2ccccc2)Cn2c1nc1c2c(=O)n(C)c(=O)n1C. The van der Waals surface area contributed by atoms with Gasteiger partial charge in [0.25, 0.3) is 5.56 Å². The van der Waals surface area contributed by atoms with Crippen LogP contribution in [0.15, 0.2) is 45.0 Å². The number of hydrogen-bond acceptors (Lipinski definition) is 5. The third-order valence-electron chi connectivity index (χ3n) is 4.30. The molecule has 0 bridgehead atoms. The highest BCUT2D eigenvalue weighted by molar-refractivity contribution is 6.02. The summed E-state index contributed by atoms with van der Waals surface area (Å²) in [4.78, 5) is 29.2. The van der Waals surface area contributed by atoms with Gasteiger partial charge in [0.1, 0.15) is 0 Å². The molecule has 0 spiro atoms. The maximum Gasteiger partial charge on any atom is 0.332 e. The topological polar surface area (TPSA) is 77.4 Å². The van der Waals surface area contributed by atoms with Crippen molar-refractivity contribution in [3.8, 4) is 0 Å². The molecule has 0 saturated heterocycles. The Balaban J connectivity index is 1.99. The summed E-state index contributed by atoms with van der Waals surface area (Å²) in [5.41, 5.74) is 1.85. The normalized spacial score (nSPS) is 14.0. The molecule has 8 heteroatoms. The number of aromatic nitrogens is 4. The maximum atomic E-state index is 12.6. The van der Waals surface area contributed by atoms with E-state index in [-0.39, 0.29) is 5.56 Å². The van der Waals surface area contributed by atoms with Crippen LogP contribution in [0.3, 0.4) is 0 Å². The Morgan fingerprint density at radius 1 is 1.00 bits per heavy atom. The first kappa shape index (κ1) is 14.4. The lowest BCUT2D eigenvalue weighted by molar-refractivity contribution is 0.703. The Kier molecular flexibility index (Phi) is 2.96. The Morgan fingerprint density at radius 2 is 1.71 bits per heavy atom. The summed E-state index contributed by atoms with van der Waals surface area (Å²) in [6, 6.07) is 9.79. The van der Waals surface area contributed by atoms with Crippen molar-refractivity contribution < 1.29 is 0 Å². The number of benzene rings is 1. The van der Waals surface area contributed by atoms with E-state index < -0.39 is 5.69 Å². The van der Waals surface area contributed by atoms with Crippen LogP contribution in [0.5, 0.6) is 0 Å². The van der Waals surface area contributed by atoms with Gasteiger partial charge >= 0.3 is 5.69 Å². The second kappa shape index (κ2) is 4.92. The summed E-state index contributed by atoms with van der Waals surface area (Å²) in [7, 11) is 4.87. The van der Waals surface area contributed by atoms with Crippen LogP contribution in [-0.2, 0) is 20.6 Å². The van der Waals surface area contributed by atoms with Crippen molar-refractivity contribution in [2.24, 2.45) is 19.2 Å². The first-order valence-electron chi connectivity index (χ1n) is 7.52. The zero-order valence-electron chi connectivity index (χ0n) is 13.6. The highest BCUT2D eigenvalue weighted by Gasteiger charge is 2.25. The molecule has 1 aromatic carbocycles. The molecule has 0 N–H and O–H groups in total. The van der Waals surface area contributed by atoms with Crippen molar-refractivity contribution in [1.29, 1.82) is 0 Å². The smallest absolute Gasteiger partial charge is 0.297 e. The number of hydrogen-bond donors (Lipinski definition) is 0. The van der Waals surface area contributed by atoms with E-state index in [9.17, 15) is 9.59 Å². The van der Waals surface area contributed by atoms with Crippen LogP contribution in [0.1, 0.15) is 5.56 Å².